The van der Waals surface area contributed by atoms with Gasteiger partial charge in [-0.2, -0.15) is 19.8 Å². The summed E-state index contributed by atoms with van der Waals surface area (Å²) in [7, 11) is 2.23. The number of likely N-dealkylation sites (tertiary alicyclic amines) is 1. The van der Waals surface area contributed by atoms with Crippen molar-refractivity contribution in [3.8, 4) is 0 Å². The number of piperidine rings is 1. The molecule has 2 nitrogen and oxygen atoms in total. The van der Waals surface area contributed by atoms with Gasteiger partial charge in [0.1, 0.15) is 0 Å². The van der Waals surface area contributed by atoms with Crippen LogP contribution in [0.5, 0.6) is 0 Å². The first kappa shape index (κ1) is 17.6. The second-order valence-corrected chi connectivity index (χ2v) is 5.08. The molecule has 0 amide bonds. The molecule has 1 heterocycles. The van der Waals surface area contributed by atoms with E-state index in [1.807, 2.05) is 0 Å². The summed E-state index contributed by atoms with van der Waals surface area (Å²) >= 11 is 0. The van der Waals surface area contributed by atoms with Crippen molar-refractivity contribution in [3.05, 3.63) is 6.42 Å². The molecule has 0 bridgehead atoms. The minimum absolute atomic E-state index is 0. The number of rotatable bonds is 0. The van der Waals surface area contributed by atoms with Gasteiger partial charge < -0.3 is 16.1 Å². The minimum Gasteiger partial charge on any atom is -0.542 e. The molecule has 1 aliphatic rings. The summed E-state index contributed by atoms with van der Waals surface area (Å²) in [5, 5.41) is 0. The average molecular weight is 248 g/mol. The Morgan fingerprint density at radius 2 is 1.40 bits per heavy atom. The summed E-state index contributed by atoms with van der Waals surface area (Å²) in [5.41, 5.74) is 0.698. The predicted octanol–water partition coefficient (Wildman–Crippen LogP) is 2.59. The number of carbonyl (C=O) groups excluding carboxylic acids is 1. The van der Waals surface area contributed by atoms with Gasteiger partial charge in [0.25, 0.3) is 0 Å². The molecule has 0 aromatic heterocycles. The summed E-state index contributed by atoms with van der Waals surface area (Å²) in [5.74, 6) is 0. The molecular weight excluding hydrogens is 225 g/mol. The van der Waals surface area contributed by atoms with Crippen molar-refractivity contribution < 1.29 is 23.4 Å². The quantitative estimate of drug-likeness (QED) is 0.614. The molecule has 1 radical (unpaired) electrons. The van der Waals surface area contributed by atoms with E-state index in [0.717, 1.165) is 0 Å². The number of hydrogen-bond acceptors (Lipinski definition) is 2. The molecule has 1 rings (SSSR count). The van der Waals surface area contributed by atoms with Crippen LogP contribution < -0.4 is 0 Å². The molecule has 1 aliphatic heterocycles. The third-order valence-corrected chi connectivity index (χ3v) is 3.10. The standard InChI is InChI=1S/C10H20N.C2H3O.V/c1-9(2)7-6-8-10(3,4)11(9)5;1-2-3;/h6H,7-8H2,1-5H3;1H3;/q2*-1;+2. The summed E-state index contributed by atoms with van der Waals surface area (Å²) < 4.78 is 0. The van der Waals surface area contributed by atoms with Crippen LogP contribution in [0.2, 0.25) is 0 Å². The van der Waals surface area contributed by atoms with Crippen LogP contribution in [0.4, 0.5) is 0 Å². The molecule has 0 aliphatic carbocycles. The van der Waals surface area contributed by atoms with E-state index in [9.17, 15) is 0 Å². The third-order valence-electron chi connectivity index (χ3n) is 3.10. The van der Waals surface area contributed by atoms with Gasteiger partial charge >= 0.3 is 18.6 Å². The Morgan fingerprint density at radius 3 is 1.60 bits per heavy atom. The number of hydrogen-bond donors (Lipinski definition) is 0. The first-order chi connectivity index (χ1) is 6.28. The van der Waals surface area contributed by atoms with Crippen LogP contribution in [0.25, 0.3) is 0 Å². The predicted molar refractivity (Wildman–Crippen MR) is 60.8 cm³/mol. The minimum atomic E-state index is 0. The van der Waals surface area contributed by atoms with Crippen molar-refractivity contribution in [1.29, 1.82) is 0 Å². The van der Waals surface area contributed by atoms with Crippen molar-refractivity contribution in [2.45, 2.75) is 58.5 Å². The normalized spacial score (nSPS) is 23.1. The molecule has 0 unspecified atom stereocenters. The topological polar surface area (TPSA) is 20.3 Å². The molecule has 0 N–H and O–H groups in total. The zero-order valence-corrected chi connectivity index (χ0v) is 12.2. The molecule has 87 valence electrons. The zero-order chi connectivity index (χ0) is 11.4. The maximum absolute atomic E-state index is 8.68. The molecular formula is C12H23NOV. The van der Waals surface area contributed by atoms with E-state index >= 15 is 0 Å². The third kappa shape index (κ3) is 5.19. The zero-order valence-electron chi connectivity index (χ0n) is 10.8. The van der Waals surface area contributed by atoms with E-state index in [2.05, 4.69) is 46.1 Å². The summed E-state index contributed by atoms with van der Waals surface area (Å²) in [6, 6.07) is 0. The van der Waals surface area contributed by atoms with Crippen LogP contribution in [0.15, 0.2) is 0 Å². The Bertz CT molecular complexity index is 174. The smallest absolute Gasteiger partial charge is 0.542 e. The van der Waals surface area contributed by atoms with E-state index in [-0.39, 0.29) is 18.6 Å². The monoisotopic (exact) mass is 248 g/mol. The van der Waals surface area contributed by atoms with Gasteiger partial charge in [-0.1, -0.05) is 0 Å². The molecule has 1 fully saturated rings. The van der Waals surface area contributed by atoms with E-state index in [4.69, 9.17) is 4.79 Å². The summed E-state index contributed by atoms with van der Waals surface area (Å²) in [6.07, 6.45) is 6.35. The average Bonchev–Trinajstić information content (AvgIpc) is 2.01. The van der Waals surface area contributed by atoms with E-state index in [0.29, 0.717) is 11.1 Å². The van der Waals surface area contributed by atoms with Crippen molar-refractivity contribution in [2.24, 2.45) is 0 Å². The Kier molecular flexibility index (Phi) is 7.89. The number of nitrogens with zero attached hydrogens (tertiary/aromatic N) is 1. The van der Waals surface area contributed by atoms with E-state index < -0.39 is 0 Å². The summed E-state index contributed by atoms with van der Waals surface area (Å²) in [6.45, 7) is 10.6. The summed E-state index contributed by atoms with van der Waals surface area (Å²) in [4.78, 5) is 11.2. The van der Waals surface area contributed by atoms with Crippen LogP contribution in [0, 0.1) is 6.42 Å². The van der Waals surface area contributed by atoms with Crippen molar-refractivity contribution in [3.63, 3.8) is 0 Å². The van der Waals surface area contributed by atoms with Crippen LogP contribution in [0.1, 0.15) is 47.5 Å². The van der Waals surface area contributed by atoms with Gasteiger partial charge in [0.05, 0.1) is 0 Å². The van der Waals surface area contributed by atoms with Gasteiger partial charge in [-0.25, -0.2) is 0 Å². The Morgan fingerprint density at radius 1 is 1.13 bits per heavy atom. The molecule has 0 aromatic rings. The van der Waals surface area contributed by atoms with Gasteiger partial charge in [0.2, 0.25) is 0 Å². The molecule has 0 aromatic carbocycles. The van der Waals surface area contributed by atoms with Gasteiger partial charge in [-0.3, -0.25) is 6.29 Å². The second kappa shape index (κ2) is 6.72. The Balaban J connectivity index is 0. The van der Waals surface area contributed by atoms with Gasteiger partial charge in [0, 0.05) is 0 Å². The van der Waals surface area contributed by atoms with Crippen LogP contribution in [-0.2, 0) is 23.4 Å². The molecule has 0 atom stereocenters. The fraction of sp³-hybridized carbons (Fsp3) is 0.833. The maximum Gasteiger partial charge on any atom is 2.00 e. The van der Waals surface area contributed by atoms with Crippen LogP contribution >= 0.6 is 0 Å². The molecule has 1 saturated heterocycles. The van der Waals surface area contributed by atoms with Crippen molar-refractivity contribution in [1.82, 2.24) is 4.90 Å². The van der Waals surface area contributed by atoms with Gasteiger partial charge in [-0.05, 0) is 45.8 Å². The Hall–Kier alpha value is 0.214. The van der Waals surface area contributed by atoms with Gasteiger partial charge in [-0.15, -0.1) is 0 Å². The Labute approximate surface area is 107 Å². The molecule has 3 heteroatoms. The molecule has 0 spiro atoms. The van der Waals surface area contributed by atoms with E-state index in [1.54, 1.807) is 0 Å². The maximum atomic E-state index is 8.68. The van der Waals surface area contributed by atoms with Crippen molar-refractivity contribution >= 4 is 6.29 Å². The first-order valence-electron chi connectivity index (χ1n) is 5.12. The first-order valence-corrected chi connectivity index (χ1v) is 5.12. The fourth-order valence-corrected chi connectivity index (χ4v) is 1.87. The molecule has 15 heavy (non-hydrogen) atoms. The van der Waals surface area contributed by atoms with Crippen LogP contribution in [-0.4, -0.2) is 29.3 Å². The van der Waals surface area contributed by atoms with E-state index in [1.165, 1.54) is 26.1 Å². The largest absolute Gasteiger partial charge is 2.00 e. The second-order valence-electron chi connectivity index (χ2n) is 5.08. The van der Waals surface area contributed by atoms with Gasteiger partial charge in [0.15, 0.2) is 0 Å². The van der Waals surface area contributed by atoms with Crippen LogP contribution in [0.3, 0.4) is 0 Å². The SMILES string of the molecule is CN1C(C)(C)C[CH-]CC1(C)C.C[C-]=O.[V+2]. The van der Waals surface area contributed by atoms with Crippen molar-refractivity contribution in [2.75, 3.05) is 7.05 Å². The molecule has 0 saturated carbocycles. The fourth-order valence-electron chi connectivity index (χ4n) is 1.87.